The van der Waals surface area contributed by atoms with Crippen molar-refractivity contribution in [1.29, 1.82) is 0 Å². The Hall–Kier alpha value is -1.88. The minimum atomic E-state index is -0.485. The molecule has 2 N–H and O–H groups in total. The van der Waals surface area contributed by atoms with Crippen LogP contribution in [0.1, 0.15) is 11.1 Å². The van der Waals surface area contributed by atoms with E-state index in [-0.39, 0.29) is 6.61 Å². The van der Waals surface area contributed by atoms with E-state index in [0.717, 1.165) is 12.8 Å². The number of β-amino-alcohol motifs (C(OH)–C–C–N with tert-alkyl or cyclic N) is 1. The molecule has 24 heavy (non-hydrogen) atoms. The number of likely N-dealkylation sites (N-methyl/N-ethyl adjacent to an activating group) is 1. The normalized spacial score (nSPS) is 14.9. The molecule has 2 aromatic rings. The highest BCUT2D eigenvalue weighted by Gasteiger charge is 2.22. The van der Waals surface area contributed by atoms with Crippen molar-refractivity contribution in [3.8, 4) is 0 Å². The van der Waals surface area contributed by atoms with Crippen LogP contribution in [0.3, 0.4) is 0 Å². The Kier molecular flexibility index (Phi) is 5.51. The lowest BCUT2D eigenvalue weighted by molar-refractivity contribution is 0.120. The predicted octanol–water partition coefficient (Wildman–Crippen LogP) is 2.21. The van der Waals surface area contributed by atoms with Gasteiger partial charge in [-0.2, -0.15) is 0 Å². The maximum absolute atomic E-state index is 10.6. The van der Waals surface area contributed by atoms with E-state index in [1.807, 2.05) is 11.9 Å². The first-order valence-electron chi connectivity index (χ1n) is 8.60. The third-order valence-electron chi connectivity index (χ3n) is 4.63. The third kappa shape index (κ3) is 3.78. The van der Waals surface area contributed by atoms with Gasteiger partial charge in [-0.25, -0.2) is 0 Å². The number of anilines is 2. The number of aliphatic hydroxyl groups is 2. The van der Waals surface area contributed by atoms with Crippen molar-refractivity contribution in [2.75, 3.05) is 38.2 Å². The molecule has 0 aromatic heterocycles. The highest BCUT2D eigenvalue weighted by Crippen LogP contribution is 2.35. The van der Waals surface area contributed by atoms with Crippen molar-refractivity contribution >= 4 is 11.4 Å². The molecule has 0 amide bonds. The van der Waals surface area contributed by atoms with Crippen molar-refractivity contribution in [1.82, 2.24) is 4.90 Å². The van der Waals surface area contributed by atoms with Gasteiger partial charge in [0.05, 0.1) is 19.3 Å². The first-order chi connectivity index (χ1) is 11.7. The Morgan fingerprint density at radius 3 is 2.08 bits per heavy atom. The van der Waals surface area contributed by atoms with Crippen LogP contribution < -0.4 is 4.90 Å². The van der Waals surface area contributed by atoms with E-state index >= 15 is 0 Å². The van der Waals surface area contributed by atoms with E-state index in [2.05, 4.69) is 53.4 Å². The number of nitrogens with zero attached hydrogens (tertiary/aromatic N) is 2. The molecule has 1 heterocycles. The quantitative estimate of drug-likeness (QED) is 0.854. The Labute approximate surface area is 144 Å². The van der Waals surface area contributed by atoms with E-state index in [9.17, 15) is 5.11 Å². The molecule has 0 spiro atoms. The zero-order valence-corrected chi connectivity index (χ0v) is 14.2. The first kappa shape index (κ1) is 17.0. The van der Waals surface area contributed by atoms with Crippen LogP contribution in [-0.4, -0.2) is 54.5 Å². The molecule has 128 valence electrons. The lowest BCUT2D eigenvalue weighted by Crippen LogP contribution is -2.38. The zero-order chi connectivity index (χ0) is 16.9. The Bertz CT molecular complexity index is 627. The summed E-state index contributed by atoms with van der Waals surface area (Å²) in [6.07, 6.45) is 1.55. The van der Waals surface area contributed by atoms with Crippen LogP contribution in [-0.2, 0) is 12.8 Å². The average Bonchev–Trinajstić information content (AvgIpc) is 2.73. The number of fused-ring (bicyclic) bond motifs is 2. The van der Waals surface area contributed by atoms with Crippen molar-refractivity contribution in [3.05, 3.63) is 59.7 Å². The van der Waals surface area contributed by atoms with E-state index in [4.69, 9.17) is 5.11 Å². The molecular formula is C20H26N2O2. The number of aryl methyl sites for hydroxylation is 2. The fourth-order valence-electron chi connectivity index (χ4n) is 3.46. The SMILES string of the molecule is CN(CCO)CC(O)CN1c2ccccc2CCc2ccccc21. The van der Waals surface area contributed by atoms with Gasteiger partial charge in [0.15, 0.2) is 0 Å². The second kappa shape index (κ2) is 7.79. The van der Waals surface area contributed by atoms with Crippen molar-refractivity contribution < 1.29 is 10.2 Å². The molecule has 4 nitrogen and oxygen atoms in total. The lowest BCUT2D eigenvalue weighted by Gasteiger charge is -2.30. The van der Waals surface area contributed by atoms with Gasteiger partial charge in [-0.3, -0.25) is 0 Å². The van der Waals surface area contributed by atoms with Gasteiger partial charge in [-0.05, 0) is 43.1 Å². The summed E-state index contributed by atoms with van der Waals surface area (Å²) < 4.78 is 0. The Morgan fingerprint density at radius 2 is 1.54 bits per heavy atom. The van der Waals surface area contributed by atoms with E-state index < -0.39 is 6.10 Å². The van der Waals surface area contributed by atoms with Gasteiger partial charge >= 0.3 is 0 Å². The zero-order valence-electron chi connectivity index (χ0n) is 14.2. The molecule has 0 bridgehead atoms. The van der Waals surface area contributed by atoms with Gasteiger partial charge in [0, 0.05) is 24.5 Å². The van der Waals surface area contributed by atoms with Gasteiger partial charge in [-0.1, -0.05) is 36.4 Å². The van der Waals surface area contributed by atoms with Crippen molar-refractivity contribution in [2.24, 2.45) is 0 Å². The van der Waals surface area contributed by atoms with Gasteiger partial charge in [0.1, 0.15) is 0 Å². The number of rotatable bonds is 6. The van der Waals surface area contributed by atoms with Crippen LogP contribution in [0.15, 0.2) is 48.5 Å². The van der Waals surface area contributed by atoms with Crippen LogP contribution in [0.25, 0.3) is 0 Å². The minimum Gasteiger partial charge on any atom is -0.395 e. The summed E-state index contributed by atoms with van der Waals surface area (Å²) in [7, 11) is 1.92. The summed E-state index contributed by atoms with van der Waals surface area (Å²) >= 11 is 0. The number of hydrogen-bond donors (Lipinski definition) is 2. The van der Waals surface area contributed by atoms with Crippen molar-refractivity contribution in [2.45, 2.75) is 18.9 Å². The lowest BCUT2D eigenvalue weighted by atomic mass is 10.0. The molecule has 0 saturated carbocycles. The average molecular weight is 326 g/mol. The van der Waals surface area contributed by atoms with Crippen LogP contribution in [0.2, 0.25) is 0 Å². The van der Waals surface area contributed by atoms with Crippen LogP contribution in [0.4, 0.5) is 11.4 Å². The maximum Gasteiger partial charge on any atom is 0.0845 e. The number of hydrogen-bond acceptors (Lipinski definition) is 4. The molecule has 0 fully saturated rings. The minimum absolute atomic E-state index is 0.110. The van der Waals surface area contributed by atoms with Gasteiger partial charge in [0.25, 0.3) is 0 Å². The van der Waals surface area contributed by atoms with Gasteiger partial charge in [-0.15, -0.1) is 0 Å². The molecule has 1 aliphatic rings. The van der Waals surface area contributed by atoms with Crippen LogP contribution in [0, 0.1) is 0 Å². The second-order valence-corrected chi connectivity index (χ2v) is 6.51. The number of benzene rings is 2. The van der Waals surface area contributed by atoms with E-state index in [0.29, 0.717) is 19.6 Å². The Balaban J connectivity index is 1.88. The summed E-state index contributed by atoms with van der Waals surface area (Å²) in [6.45, 7) is 1.77. The molecule has 0 saturated heterocycles. The first-order valence-corrected chi connectivity index (χ1v) is 8.60. The fraction of sp³-hybridized carbons (Fsp3) is 0.400. The predicted molar refractivity (Wildman–Crippen MR) is 97.9 cm³/mol. The molecule has 4 heteroatoms. The van der Waals surface area contributed by atoms with Crippen molar-refractivity contribution in [3.63, 3.8) is 0 Å². The molecule has 1 atom stereocenters. The number of aliphatic hydroxyl groups excluding tert-OH is 2. The molecule has 1 aliphatic heterocycles. The molecular weight excluding hydrogens is 300 g/mol. The maximum atomic E-state index is 10.6. The summed E-state index contributed by atoms with van der Waals surface area (Å²) in [5.74, 6) is 0. The molecule has 0 radical (unpaired) electrons. The summed E-state index contributed by atoms with van der Waals surface area (Å²) in [6, 6.07) is 16.9. The van der Waals surface area contributed by atoms with E-state index in [1.165, 1.54) is 22.5 Å². The molecule has 3 rings (SSSR count). The fourth-order valence-corrected chi connectivity index (χ4v) is 3.46. The van der Waals surface area contributed by atoms with E-state index in [1.54, 1.807) is 0 Å². The number of para-hydroxylation sites is 2. The summed E-state index contributed by atoms with van der Waals surface area (Å²) in [5, 5.41) is 19.6. The smallest absolute Gasteiger partial charge is 0.0845 e. The monoisotopic (exact) mass is 326 g/mol. The van der Waals surface area contributed by atoms with Gasteiger partial charge < -0.3 is 20.0 Å². The molecule has 0 aliphatic carbocycles. The van der Waals surface area contributed by atoms with Crippen LogP contribution in [0.5, 0.6) is 0 Å². The molecule has 1 unspecified atom stereocenters. The highest BCUT2D eigenvalue weighted by molar-refractivity contribution is 5.71. The largest absolute Gasteiger partial charge is 0.395 e. The molecule has 2 aromatic carbocycles. The third-order valence-corrected chi connectivity index (χ3v) is 4.63. The second-order valence-electron chi connectivity index (χ2n) is 6.51. The summed E-state index contributed by atoms with van der Waals surface area (Å²) in [5.41, 5.74) is 5.02. The van der Waals surface area contributed by atoms with Gasteiger partial charge in [0.2, 0.25) is 0 Å². The Morgan fingerprint density at radius 1 is 1.00 bits per heavy atom. The summed E-state index contributed by atoms with van der Waals surface area (Å²) in [4.78, 5) is 4.20. The standard InChI is InChI=1S/C20H26N2O2/c1-21(12-13-23)14-18(24)15-22-19-8-4-2-6-16(19)10-11-17-7-3-5-9-20(17)22/h2-9,18,23-24H,10-15H2,1H3. The highest BCUT2D eigenvalue weighted by atomic mass is 16.3. The van der Waals surface area contributed by atoms with Crippen LogP contribution >= 0.6 is 0 Å². The topological polar surface area (TPSA) is 46.9 Å².